The van der Waals surface area contributed by atoms with E-state index < -0.39 is 18.4 Å². The molecule has 0 atom stereocenters. The van der Waals surface area contributed by atoms with E-state index in [-0.39, 0.29) is 5.54 Å². The van der Waals surface area contributed by atoms with Crippen LogP contribution in [-0.4, -0.2) is 34.9 Å². The van der Waals surface area contributed by atoms with Gasteiger partial charge in [-0.25, -0.2) is 0 Å². The van der Waals surface area contributed by atoms with Gasteiger partial charge < -0.3 is 0 Å². The fourth-order valence-corrected chi connectivity index (χ4v) is 20.9. The van der Waals surface area contributed by atoms with Crippen molar-refractivity contribution in [2.75, 3.05) is 0 Å². The molecule has 158 valence electrons. The van der Waals surface area contributed by atoms with Crippen LogP contribution in [0.5, 0.6) is 0 Å². The van der Waals surface area contributed by atoms with Gasteiger partial charge in [-0.2, -0.15) is 0 Å². The molecule has 0 aromatic heterocycles. The normalized spacial score (nSPS) is 15.3. The van der Waals surface area contributed by atoms with Gasteiger partial charge in [0.25, 0.3) is 0 Å². The number of rotatable bonds is 11. The topological polar surface area (TPSA) is 39.7 Å². The molecule has 0 saturated heterocycles. The van der Waals surface area contributed by atoms with Gasteiger partial charge in [-0.15, -0.1) is 0 Å². The SMILES string of the molecule is CCC[CH2][Sn]([CH2]CCC)([CH2]CCC)[c]1ccccc1C1=NNN(C(C)(C)C)N1. The van der Waals surface area contributed by atoms with Crippen molar-refractivity contribution in [3.63, 3.8) is 0 Å². The van der Waals surface area contributed by atoms with Crippen LogP contribution in [0, 0.1) is 0 Å². The Morgan fingerprint density at radius 1 is 0.893 bits per heavy atom. The standard InChI is InChI=1S/C11H15N4.3C4H9.Sn/c1-11(2,3)15-13-10(12-14-15)9-7-5-4-6-8-9;3*1-3-4-2;/h4-7,14H,1-3H3,(H,12,13);3*1,3-4H2,2H3;. The van der Waals surface area contributed by atoms with Crippen LogP contribution in [0.3, 0.4) is 0 Å². The summed E-state index contributed by atoms with van der Waals surface area (Å²) in [5, 5.41) is 6.70. The Morgan fingerprint density at radius 3 is 1.89 bits per heavy atom. The van der Waals surface area contributed by atoms with Crippen LogP contribution >= 0.6 is 0 Å². The number of benzene rings is 1. The van der Waals surface area contributed by atoms with Crippen LogP contribution in [-0.2, 0) is 0 Å². The van der Waals surface area contributed by atoms with E-state index in [1.807, 2.05) is 5.12 Å². The third-order valence-corrected chi connectivity index (χ3v) is 21.7. The number of amidine groups is 1. The van der Waals surface area contributed by atoms with Crippen molar-refractivity contribution >= 4 is 27.8 Å². The number of unbranched alkanes of at least 4 members (excludes halogenated alkanes) is 3. The molecule has 0 amide bonds. The number of hydrogen-bond acceptors (Lipinski definition) is 4. The van der Waals surface area contributed by atoms with E-state index in [0.29, 0.717) is 0 Å². The Morgan fingerprint density at radius 2 is 1.43 bits per heavy atom. The van der Waals surface area contributed by atoms with Crippen LogP contribution in [0.1, 0.15) is 85.6 Å². The first-order valence-electron chi connectivity index (χ1n) is 11.4. The van der Waals surface area contributed by atoms with Gasteiger partial charge >= 0.3 is 178 Å². The zero-order chi connectivity index (χ0) is 20.6. The van der Waals surface area contributed by atoms with Crippen molar-refractivity contribution in [2.24, 2.45) is 5.10 Å². The monoisotopic (exact) mass is 494 g/mol. The summed E-state index contributed by atoms with van der Waals surface area (Å²) in [7, 11) is 0. The van der Waals surface area contributed by atoms with Crippen LogP contribution in [0.25, 0.3) is 0 Å². The third kappa shape index (κ3) is 5.88. The van der Waals surface area contributed by atoms with Crippen molar-refractivity contribution in [1.82, 2.24) is 16.1 Å². The summed E-state index contributed by atoms with van der Waals surface area (Å²) in [6.07, 6.45) is 8.05. The van der Waals surface area contributed by atoms with Gasteiger partial charge in [0.15, 0.2) is 0 Å². The van der Waals surface area contributed by atoms with Gasteiger partial charge in [0.1, 0.15) is 0 Å². The molecule has 0 spiro atoms. The van der Waals surface area contributed by atoms with E-state index in [1.165, 1.54) is 57.4 Å². The molecule has 0 radical (unpaired) electrons. The molecule has 2 rings (SSSR count). The molecule has 2 N–H and O–H groups in total. The van der Waals surface area contributed by atoms with Gasteiger partial charge in [-0.05, 0) is 0 Å². The Labute approximate surface area is 177 Å². The molecule has 1 aromatic rings. The van der Waals surface area contributed by atoms with Crippen LogP contribution in [0.4, 0.5) is 0 Å². The molecule has 1 aromatic carbocycles. The third-order valence-electron chi connectivity index (χ3n) is 5.93. The molecule has 5 heteroatoms. The molecule has 0 saturated carbocycles. The molecule has 1 aliphatic heterocycles. The van der Waals surface area contributed by atoms with Gasteiger partial charge in [0.05, 0.1) is 0 Å². The minimum absolute atomic E-state index is 0.0345. The quantitative estimate of drug-likeness (QED) is 0.399. The van der Waals surface area contributed by atoms with Crippen molar-refractivity contribution in [3.8, 4) is 0 Å². The fraction of sp³-hybridized carbons (Fsp3) is 0.696. The fourth-order valence-electron chi connectivity index (χ4n) is 4.17. The summed E-state index contributed by atoms with van der Waals surface area (Å²) in [4.78, 5) is 0. The predicted octanol–water partition coefficient (Wildman–Crippen LogP) is 5.53. The summed E-state index contributed by atoms with van der Waals surface area (Å²) in [5.41, 5.74) is 8.03. The van der Waals surface area contributed by atoms with Gasteiger partial charge in [-0.3, -0.25) is 0 Å². The first-order chi connectivity index (χ1) is 13.4. The zero-order valence-electron chi connectivity index (χ0n) is 19.1. The molecular weight excluding hydrogens is 451 g/mol. The number of nitrogens with zero attached hydrogens (tertiary/aromatic N) is 2. The first kappa shape index (κ1) is 23.5. The Bertz CT molecular complexity index is 614. The summed E-state index contributed by atoms with van der Waals surface area (Å²) in [5.74, 6) is 0.996. The van der Waals surface area contributed by atoms with Crippen molar-refractivity contribution in [1.29, 1.82) is 0 Å². The van der Waals surface area contributed by atoms with Crippen LogP contribution < -0.4 is 14.5 Å². The van der Waals surface area contributed by atoms with Crippen LogP contribution in [0.15, 0.2) is 29.4 Å². The average Bonchev–Trinajstić information content (AvgIpc) is 3.18. The summed E-state index contributed by atoms with van der Waals surface area (Å²) in [6, 6.07) is 9.19. The molecule has 0 unspecified atom stereocenters. The Kier molecular flexibility index (Phi) is 9.13. The molecular formula is C23H42N4Sn. The van der Waals surface area contributed by atoms with E-state index in [4.69, 9.17) is 0 Å². The zero-order valence-corrected chi connectivity index (χ0v) is 21.9. The molecule has 1 heterocycles. The van der Waals surface area contributed by atoms with E-state index in [2.05, 4.69) is 81.9 Å². The van der Waals surface area contributed by atoms with E-state index in [0.717, 1.165) is 5.84 Å². The summed E-state index contributed by atoms with van der Waals surface area (Å²) in [6.45, 7) is 13.6. The number of hydrogen-bond donors (Lipinski definition) is 2. The molecule has 28 heavy (non-hydrogen) atoms. The maximum absolute atomic E-state index is 4.68. The van der Waals surface area contributed by atoms with E-state index in [9.17, 15) is 0 Å². The molecule has 0 fully saturated rings. The van der Waals surface area contributed by atoms with Crippen molar-refractivity contribution in [3.05, 3.63) is 29.8 Å². The van der Waals surface area contributed by atoms with Gasteiger partial charge in [0, 0.05) is 0 Å². The molecule has 1 aliphatic rings. The molecule has 4 nitrogen and oxygen atoms in total. The Balaban J connectivity index is 2.43. The summed E-state index contributed by atoms with van der Waals surface area (Å²) >= 11 is -2.52. The molecule has 0 bridgehead atoms. The predicted molar refractivity (Wildman–Crippen MR) is 125 cm³/mol. The van der Waals surface area contributed by atoms with E-state index >= 15 is 0 Å². The van der Waals surface area contributed by atoms with Crippen molar-refractivity contribution < 1.29 is 0 Å². The average molecular weight is 493 g/mol. The Hall–Kier alpha value is -0.751. The first-order valence-corrected chi connectivity index (χ1v) is 18.9. The number of hydrazone groups is 1. The number of nitrogens with one attached hydrogen (secondary N) is 2. The summed E-state index contributed by atoms with van der Waals surface area (Å²) < 4.78 is 6.12. The second kappa shape index (κ2) is 10.9. The van der Waals surface area contributed by atoms with Crippen LogP contribution in [0.2, 0.25) is 13.3 Å². The molecule has 0 aliphatic carbocycles. The van der Waals surface area contributed by atoms with Gasteiger partial charge in [0.2, 0.25) is 0 Å². The second-order valence-electron chi connectivity index (χ2n) is 9.32. The minimum atomic E-state index is -2.52. The van der Waals surface area contributed by atoms with Gasteiger partial charge in [-0.1, -0.05) is 0 Å². The van der Waals surface area contributed by atoms with E-state index in [1.54, 1.807) is 3.58 Å². The second-order valence-corrected chi connectivity index (χ2v) is 22.4. The number of hydrazine groups is 2. The maximum atomic E-state index is 4.68. The van der Waals surface area contributed by atoms with Crippen molar-refractivity contribution in [2.45, 2.75) is 98.9 Å².